The zero-order valence-corrected chi connectivity index (χ0v) is 8.30. The molecule has 7 heteroatoms. The van der Waals surface area contributed by atoms with E-state index in [0.717, 1.165) is 0 Å². The summed E-state index contributed by atoms with van der Waals surface area (Å²) < 4.78 is 1.42. The third-order valence-corrected chi connectivity index (χ3v) is 1.69. The van der Waals surface area contributed by atoms with Crippen molar-refractivity contribution >= 4 is 11.9 Å². The molecule has 1 rings (SSSR count). The van der Waals surface area contributed by atoms with Gasteiger partial charge in [-0.05, 0) is 6.42 Å². The van der Waals surface area contributed by atoms with Gasteiger partial charge >= 0.3 is 5.97 Å². The van der Waals surface area contributed by atoms with Crippen molar-refractivity contribution in [3.05, 3.63) is 11.9 Å². The van der Waals surface area contributed by atoms with Crippen LogP contribution in [0, 0.1) is 0 Å². The van der Waals surface area contributed by atoms with Crippen molar-refractivity contribution in [3.8, 4) is 0 Å². The predicted molar refractivity (Wildman–Crippen MR) is 50.2 cm³/mol. The number of nitrogens with one attached hydrogen (secondary N) is 1. The van der Waals surface area contributed by atoms with Crippen molar-refractivity contribution in [1.82, 2.24) is 20.3 Å². The number of hydrogen-bond acceptors (Lipinski definition) is 4. The summed E-state index contributed by atoms with van der Waals surface area (Å²) in [7, 11) is 1.66. The van der Waals surface area contributed by atoms with Crippen LogP contribution in [0.15, 0.2) is 6.20 Å². The summed E-state index contributed by atoms with van der Waals surface area (Å²) in [5, 5.41) is 18.1. The van der Waals surface area contributed by atoms with E-state index in [2.05, 4.69) is 15.6 Å². The van der Waals surface area contributed by atoms with E-state index in [1.54, 1.807) is 7.05 Å². The minimum absolute atomic E-state index is 0.0424. The van der Waals surface area contributed by atoms with Gasteiger partial charge in [0.25, 0.3) is 5.91 Å². The number of aliphatic carboxylic acids is 1. The number of hydrogen-bond donors (Lipinski definition) is 2. The second-order valence-corrected chi connectivity index (χ2v) is 3.03. The fourth-order valence-corrected chi connectivity index (χ4v) is 0.983. The average molecular weight is 212 g/mol. The Bertz CT molecular complexity index is 361. The zero-order chi connectivity index (χ0) is 11.3. The third-order valence-electron chi connectivity index (χ3n) is 1.69. The Morgan fingerprint density at radius 2 is 2.33 bits per heavy atom. The number of aryl methyl sites for hydroxylation is 1. The van der Waals surface area contributed by atoms with Gasteiger partial charge in [-0.1, -0.05) is 5.21 Å². The zero-order valence-electron chi connectivity index (χ0n) is 8.30. The number of aromatic nitrogens is 3. The lowest BCUT2D eigenvalue weighted by Gasteiger charge is -2.00. The van der Waals surface area contributed by atoms with Crippen molar-refractivity contribution in [2.45, 2.75) is 12.8 Å². The Balaban J connectivity index is 2.28. The maximum atomic E-state index is 11.3. The number of amides is 1. The molecule has 0 saturated heterocycles. The monoisotopic (exact) mass is 212 g/mol. The molecule has 0 aromatic carbocycles. The van der Waals surface area contributed by atoms with Crippen molar-refractivity contribution in [1.29, 1.82) is 0 Å². The topological polar surface area (TPSA) is 97.1 Å². The van der Waals surface area contributed by atoms with Gasteiger partial charge in [-0.25, -0.2) is 0 Å². The predicted octanol–water partition coefficient (Wildman–Crippen LogP) is -0.590. The highest BCUT2D eigenvalue weighted by Gasteiger charge is 2.08. The van der Waals surface area contributed by atoms with E-state index in [1.807, 2.05) is 0 Å². The lowest BCUT2D eigenvalue weighted by Crippen LogP contribution is -2.25. The van der Waals surface area contributed by atoms with Crippen molar-refractivity contribution in [3.63, 3.8) is 0 Å². The van der Waals surface area contributed by atoms with E-state index < -0.39 is 5.97 Å². The molecule has 0 fully saturated rings. The summed E-state index contributed by atoms with van der Waals surface area (Å²) in [5.74, 6) is -1.21. The average Bonchev–Trinajstić information content (AvgIpc) is 2.59. The molecule has 2 N–H and O–H groups in total. The standard InChI is InChI=1S/C8H12N4O3/c1-12-5-6(10-11-12)8(15)9-4-2-3-7(13)14/h5H,2-4H2,1H3,(H,9,15)(H,13,14). The molecule has 0 unspecified atom stereocenters. The van der Waals surface area contributed by atoms with E-state index in [4.69, 9.17) is 5.11 Å². The molecule has 1 heterocycles. The summed E-state index contributed by atoms with van der Waals surface area (Å²) in [6.45, 7) is 0.321. The van der Waals surface area contributed by atoms with Crippen LogP contribution >= 0.6 is 0 Å². The Hall–Kier alpha value is -1.92. The fourth-order valence-electron chi connectivity index (χ4n) is 0.983. The first-order valence-electron chi connectivity index (χ1n) is 4.46. The quantitative estimate of drug-likeness (QED) is 0.636. The summed E-state index contributed by atoms with van der Waals surface area (Å²) in [6, 6.07) is 0. The van der Waals surface area contributed by atoms with Gasteiger partial charge < -0.3 is 10.4 Å². The Kier molecular flexibility index (Phi) is 3.78. The number of carboxylic acid groups (broad SMARTS) is 1. The van der Waals surface area contributed by atoms with Crippen LogP contribution in [0.3, 0.4) is 0 Å². The van der Waals surface area contributed by atoms with Crippen LogP contribution in [0.2, 0.25) is 0 Å². The number of nitrogens with zero attached hydrogens (tertiary/aromatic N) is 3. The molecule has 0 aliphatic carbocycles. The minimum atomic E-state index is -0.872. The van der Waals surface area contributed by atoms with E-state index >= 15 is 0 Å². The summed E-state index contributed by atoms with van der Waals surface area (Å²) in [5.41, 5.74) is 0.229. The summed E-state index contributed by atoms with van der Waals surface area (Å²) in [4.78, 5) is 21.5. The normalized spacial score (nSPS) is 9.93. The van der Waals surface area contributed by atoms with Crippen LogP contribution < -0.4 is 5.32 Å². The Morgan fingerprint density at radius 3 is 2.87 bits per heavy atom. The second kappa shape index (κ2) is 5.08. The Morgan fingerprint density at radius 1 is 1.60 bits per heavy atom. The molecule has 7 nitrogen and oxygen atoms in total. The van der Waals surface area contributed by atoms with E-state index in [-0.39, 0.29) is 18.0 Å². The van der Waals surface area contributed by atoms with E-state index in [1.165, 1.54) is 10.9 Å². The van der Waals surface area contributed by atoms with Crippen LogP contribution in [0.25, 0.3) is 0 Å². The molecule has 0 bridgehead atoms. The van der Waals surface area contributed by atoms with E-state index in [0.29, 0.717) is 13.0 Å². The van der Waals surface area contributed by atoms with Crippen LogP contribution in [0.5, 0.6) is 0 Å². The van der Waals surface area contributed by atoms with Gasteiger partial charge in [-0.2, -0.15) is 0 Å². The lowest BCUT2D eigenvalue weighted by molar-refractivity contribution is -0.137. The number of carboxylic acids is 1. The SMILES string of the molecule is Cn1cc(C(=O)NCCCC(=O)O)nn1. The molecule has 1 amide bonds. The van der Waals surface area contributed by atoms with Gasteiger partial charge in [-0.15, -0.1) is 5.10 Å². The third kappa shape index (κ3) is 3.75. The highest BCUT2D eigenvalue weighted by molar-refractivity contribution is 5.91. The summed E-state index contributed by atoms with van der Waals surface area (Å²) >= 11 is 0. The second-order valence-electron chi connectivity index (χ2n) is 3.03. The molecule has 82 valence electrons. The van der Waals surface area contributed by atoms with Gasteiger partial charge in [-0.3, -0.25) is 14.3 Å². The molecule has 0 spiro atoms. The fraction of sp³-hybridized carbons (Fsp3) is 0.500. The molecule has 0 atom stereocenters. The maximum Gasteiger partial charge on any atom is 0.303 e. The highest BCUT2D eigenvalue weighted by atomic mass is 16.4. The van der Waals surface area contributed by atoms with Gasteiger partial charge in [0.1, 0.15) is 0 Å². The van der Waals surface area contributed by atoms with Crippen molar-refractivity contribution < 1.29 is 14.7 Å². The molecule has 0 saturated carbocycles. The number of rotatable bonds is 5. The molecular weight excluding hydrogens is 200 g/mol. The lowest BCUT2D eigenvalue weighted by atomic mass is 10.3. The molecule has 1 aromatic heterocycles. The van der Waals surface area contributed by atoms with Gasteiger partial charge in [0.15, 0.2) is 5.69 Å². The van der Waals surface area contributed by atoms with Crippen LogP contribution in [-0.2, 0) is 11.8 Å². The van der Waals surface area contributed by atoms with Crippen LogP contribution in [-0.4, -0.2) is 38.5 Å². The van der Waals surface area contributed by atoms with Gasteiger partial charge in [0.05, 0.1) is 6.20 Å². The molecule has 15 heavy (non-hydrogen) atoms. The molecule has 0 radical (unpaired) electrons. The highest BCUT2D eigenvalue weighted by Crippen LogP contribution is 1.92. The first-order valence-corrected chi connectivity index (χ1v) is 4.46. The van der Waals surface area contributed by atoms with Gasteiger partial charge in [0, 0.05) is 20.0 Å². The largest absolute Gasteiger partial charge is 0.481 e. The molecule has 0 aliphatic heterocycles. The number of carbonyl (C=O) groups excluding carboxylic acids is 1. The van der Waals surface area contributed by atoms with Gasteiger partial charge in [0.2, 0.25) is 0 Å². The van der Waals surface area contributed by atoms with Crippen molar-refractivity contribution in [2.24, 2.45) is 7.05 Å². The van der Waals surface area contributed by atoms with Crippen LogP contribution in [0.1, 0.15) is 23.3 Å². The first kappa shape index (κ1) is 11.2. The van der Waals surface area contributed by atoms with Crippen molar-refractivity contribution in [2.75, 3.05) is 6.54 Å². The first-order chi connectivity index (χ1) is 7.09. The minimum Gasteiger partial charge on any atom is -0.481 e. The van der Waals surface area contributed by atoms with Crippen LogP contribution in [0.4, 0.5) is 0 Å². The molecule has 0 aliphatic rings. The van der Waals surface area contributed by atoms with E-state index in [9.17, 15) is 9.59 Å². The number of carbonyl (C=O) groups is 2. The Labute approximate surface area is 86.1 Å². The molecule has 1 aromatic rings. The summed E-state index contributed by atoms with van der Waals surface area (Å²) in [6.07, 6.45) is 1.94. The molecular formula is C8H12N4O3. The smallest absolute Gasteiger partial charge is 0.303 e. The maximum absolute atomic E-state index is 11.3.